The Hall–Kier alpha value is -3.96. The maximum Gasteiger partial charge on any atom is 0.261 e. The molecule has 3 aromatic carbocycles. The van der Waals surface area contributed by atoms with Gasteiger partial charge in [-0.2, -0.15) is 5.26 Å². The maximum absolute atomic E-state index is 12.7. The van der Waals surface area contributed by atoms with Crippen LogP contribution in [0.1, 0.15) is 82.4 Å². The van der Waals surface area contributed by atoms with Crippen molar-refractivity contribution in [2.45, 2.75) is 56.8 Å². The fraction of sp³-hybridized carbons (Fsp3) is 0.323. The third-order valence-corrected chi connectivity index (χ3v) is 8.17. The van der Waals surface area contributed by atoms with Crippen LogP contribution in [-0.4, -0.2) is 39.1 Å². The number of aryl methyl sites for hydroxylation is 1. The van der Waals surface area contributed by atoms with E-state index in [0.717, 1.165) is 11.5 Å². The molecule has 1 amide bonds. The van der Waals surface area contributed by atoms with Crippen molar-refractivity contribution in [3.63, 3.8) is 0 Å². The standard InChI is InChI=1S/C18H20N2O4S.C13H15N/c1-12-8-9-14(13(2)21)11-17(12)19-25(23,24)16-7-5-6-15(10-16)18(22)20(3)4;14-10-11-6-8-13(9-7-11)12-4-2-1-3-5-12/h5-11,19H,1-4H3;6-9,12H,1-5H2. The highest BCUT2D eigenvalue weighted by Gasteiger charge is 2.19. The lowest BCUT2D eigenvalue weighted by Crippen LogP contribution is -2.22. The van der Waals surface area contributed by atoms with Crippen LogP contribution in [0.4, 0.5) is 5.69 Å². The van der Waals surface area contributed by atoms with Gasteiger partial charge in [0, 0.05) is 25.2 Å². The van der Waals surface area contributed by atoms with Crippen LogP contribution in [0.5, 0.6) is 0 Å². The van der Waals surface area contributed by atoms with Crippen molar-refractivity contribution in [3.8, 4) is 6.07 Å². The zero-order valence-electron chi connectivity index (χ0n) is 22.9. The first-order valence-corrected chi connectivity index (χ1v) is 14.5. The number of nitrogens with one attached hydrogen (secondary N) is 1. The Morgan fingerprint density at radius 2 is 1.59 bits per heavy atom. The van der Waals surface area contributed by atoms with E-state index in [1.54, 1.807) is 39.2 Å². The number of sulfonamides is 1. The average Bonchev–Trinajstić information content (AvgIpc) is 2.94. The Kier molecular flexibility index (Phi) is 10.0. The number of Topliss-reactive ketones (excluding diaryl/α,β-unsaturated/α-hetero) is 1. The van der Waals surface area contributed by atoms with Crippen molar-refractivity contribution < 1.29 is 18.0 Å². The van der Waals surface area contributed by atoms with Crippen molar-refractivity contribution in [2.75, 3.05) is 18.8 Å². The molecule has 1 fully saturated rings. The average molecular weight is 546 g/mol. The second kappa shape index (κ2) is 13.2. The van der Waals surface area contributed by atoms with Gasteiger partial charge in [-0.15, -0.1) is 0 Å². The minimum Gasteiger partial charge on any atom is -0.345 e. The molecule has 39 heavy (non-hydrogen) atoms. The van der Waals surface area contributed by atoms with Crippen LogP contribution in [0.2, 0.25) is 0 Å². The number of hydrogen-bond acceptors (Lipinski definition) is 5. The van der Waals surface area contributed by atoms with Crippen LogP contribution in [0.25, 0.3) is 0 Å². The van der Waals surface area contributed by atoms with Crippen LogP contribution < -0.4 is 4.72 Å². The van der Waals surface area contributed by atoms with Crippen molar-refractivity contribution in [3.05, 3.63) is 94.5 Å². The molecule has 0 spiro atoms. The minimum absolute atomic E-state index is 0.0205. The highest BCUT2D eigenvalue weighted by Crippen LogP contribution is 2.32. The summed E-state index contributed by atoms with van der Waals surface area (Å²) >= 11 is 0. The van der Waals surface area contributed by atoms with Gasteiger partial charge in [-0.3, -0.25) is 14.3 Å². The SMILES string of the molecule is CC(=O)c1ccc(C)c(NS(=O)(=O)c2cccc(C(=O)N(C)C)c2)c1.N#Cc1ccc(C2CCCCC2)cc1. The third-order valence-electron chi connectivity index (χ3n) is 6.80. The third kappa shape index (κ3) is 8.01. The maximum atomic E-state index is 12.7. The molecule has 0 bridgehead atoms. The summed E-state index contributed by atoms with van der Waals surface area (Å²) in [5.74, 6) is 0.308. The second-order valence-corrected chi connectivity index (χ2v) is 11.7. The van der Waals surface area contributed by atoms with Gasteiger partial charge in [-0.1, -0.05) is 49.6 Å². The normalized spacial score (nSPS) is 13.4. The molecular weight excluding hydrogens is 510 g/mol. The minimum atomic E-state index is -3.89. The largest absolute Gasteiger partial charge is 0.345 e. The number of anilines is 1. The van der Waals surface area contributed by atoms with Gasteiger partial charge in [-0.25, -0.2) is 8.42 Å². The molecule has 0 saturated heterocycles. The van der Waals surface area contributed by atoms with Gasteiger partial charge in [0.2, 0.25) is 0 Å². The Morgan fingerprint density at radius 3 is 2.18 bits per heavy atom. The highest BCUT2D eigenvalue weighted by molar-refractivity contribution is 7.92. The number of ketones is 1. The molecule has 204 valence electrons. The van der Waals surface area contributed by atoms with E-state index >= 15 is 0 Å². The van der Waals surface area contributed by atoms with E-state index in [0.29, 0.717) is 16.8 Å². The van der Waals surface area contributed by atoms with E-state index in [2.05, 4.69) is 22.9 Å². The van der Waals surface area contributed by atoms with E-state index in [1.165, 1.54) is 73.8 Å². The zero-order valence-corrected chi connectivity index (χ0v) is 23.7. The summed E-state index contributed by atoms with van der Waals surface area (Å²) in [6.45, 7) is 3.16. The van der Waals surface area contributed by atoms with Gasteiger partial charge in [-0.05, 0) is 80.1 Å². The van der Waals surface area contributed by atoms with Gasteiger partial charge in [0.15, 0.2) is 5.78 Å². The molecule has 1 aliphatic rings. The molecule has 1 aliphatic carbocycles. The molecule has 0 heterocycles. The molecule has 3 aromatic rings. The van der Waals surface area contributed by atoms with Gasteiger partial charge in [0.25, 0.3) is 15.9 Å². The van der Waals surface area contributed by atoms with Crippen molar-refractivity contribution >= 4 is 27.4 Å². The van der Waals surface area contributed by atoms with E-state index in [1.807, 2.05) is 12.1 Å². The quantitative estimate of drug-likeness (QED) is 0.366. The summed E-state index contributed by atoms with van der Waals surface area (Å²) in [5.41, 5.74) is 3.90. The molecule has 4 rings (SSSR count). The number of nitriles is 1. The first-order valence-electron chi connectivity index (χ1n) is 13.0. The molecule has 0 atom stereocenters. The highest BCUT2D eigenvalue weighted by atomic mass is 32.2. The molecule has 1 saturated carbocycles. The Labute approximate surface area is 231 Å². The second-order valence-electron chi connectivity index (χ2n) is 9.99. The Balaban J connectivity index is 0.000000252. The van der Waals surface area contributed by atoms with E-state index in [-0.39, 0.29) is 22.1 Å². The molecular formula is C31H35N3O4S. The summed E-state index contributed by atoms with van der Waals surface area (Å²) in [7, 11) is -0.701. The molecule has 8 heteroatoms. The summed E-state index contributed by atoms with van der Waals surface area (Å²) in [5, 5.41) is 8.69. The lowest BCUT2D eigenvalue weighted by Gasteiger charge is -2.21. The monoisotopic (exact) mass is 545 g/mol. The van der Waals surface area contributed by atoms with Crippen molar-refractivity contribution in [1.29, 1.82) is 5.26 Å². The van der Waals surface area contributed by atoms with Crippen molar-refractivity contribution in [2.24, 2.45) is 0 Å². The molecule has 0 aliphatic heterocycles. The van der Waals surface area contributed by atoms with Gasteiger partial charge in [0.05, 0.1) is 22.2 Å². The van der Waals surface area contributed by atoms with Crippen LogP contribution in [-0.2, 0) is 10.0 Å². The molecule has 0 aromatic heterocycles. The Bertz CT molecular complexity index is 1470. The van der Waals surface area contributed by atoms with Gasteiger partial charge in [0.1, 0.15) is 0 Å². The molecule has 7 nitrogen and oxygen atoms in total. The van der Waals surface area contributed by atoms with Crippen LogP contribution >= 0.6 is 0 Å². The van der Waals surface area contributed by atoms with Gasteiger partial charge >= 0.3 is 0 Å². The lowest BCUT2D eigenvalue weighted by molar-refractivity contribution is 0.0827. The predicted molar refractivity (Wildman–Crippen MR) is 153 cm³/mol. The summed E-state index contributed by atoms with van der Waals surface area (Å²) in [6, 6.07) is 20.9. The lowest BCUT2D eigenvalue weighted by atomic mass is 9.84. The van der Waals surface area contributed by atoms with Crippen LogP contribution in [0, 0.1) is 18.3 Å². The molecule has 0 radical (unpaired) electrons. The number of hydrogen-bond donors (Lipinski definition) is 1. The fourth-order valence-corrected chi connectivity index (χ4v) is 5.64. The smallest absolute Gasteiger partial charge is 0.261 e. The fourth-order valence-electron chi connectivity index (χ4n) is 4.47. The topological polar surface area (TPSA) is 107 Å². The molecule has 1 N–H and O–H groups in total. The van der Waals surface area contributed by atoms with Gasteiger partial charge < -0.3 is 4.90 Å². The summed E-state index contributed by atoms with van der Waals surface area (Å²) in [6.07, 6.45) is 6.78. The summed E-state index contributed by atoms with van der Waals surface area (Å²) < 4.78 is 27.8. The number of nitrogens with zero attached hydrogens (tertiary/aromatic N) is 2. The van der Waals surface area contributed by atoms with Crippen LogP contribution in [0.15, 0.2) is 71.6 Å². The van der Waals surface area contributed by atoms with E-state index in [4.69, 9.17) is 5.26 Å². The first-order chi connectivity index (χ1) is 18.5. The number of carbonyl (C=O) groups is 2. The summed E-state index contributed by atoms with van der Waals surface area (Å²) in [4.78, 5) is 24.9. The van der Waals surface area contributed by atoms with E-state index in [9.17, 15) is 18.0 Å². The number of benzene rings is 3. The zero-order chi connectivity index (χ0) is 28.6. The van der Waals surface area contributed by atoms with Crippen molar-refractivity contribution in [1.82, 2.24) is 4.90 Å². The molecule has 0 unspecified atom stereocenters. The Morgan fingerprint density at radius 1 is 0.923 bits per heavy atom. The number of rotatable bonds is 6. The number of carbonyl (C=O) groups excluding carboxylic acids is 2. The first kappa shape index (κ1) is 29.6. The van der Waals surface area contributed by atoms with E-state index < -0.39 is 10.0 Å². The number of amides is 1. The predicted octanol–water partition coefficient (Wildman–Crippen LogP) is 6.31. The van der Waals surface area contributed by atoms with Crippen LogP contribution in [0.3, 0.4) is 0 Å².